The average Bonchev–Trinajstić information content (AvgIpc) is 3.21. The molecule has 0 aromatic heterocycles. The first-order chi connectivity index (χ1) is 14.2. The predicted octanol–water partition coefficient (Wildman–Crippen LogP) is 1.96. The maximum absolute atomic E-state index is 10.4. The number of nitrogens with zero attached hydrogens (tertiary/aromatic N) is 2. The Kier molecular flexibility index (Phi) is 7.29. The van der Waals surface area contributed by atoms with E-state index in [1.165, 1.54) is 44.3 Å². The van der Waals surface area contributed by atoms with Crippen LogP contribution in [-0.2, 0) is 6.54 Å². The van der Waals surface area contributed by atoms with Crippen molar-refractivity contribution in [3.8, 4) is 11.5 Å². The van der Waals surface area contributed by atoms with Gasteiger partial charge in [0.05, 0.1) is 7.11 Å². The molecule has 3 heterocycles. The maximum Gasteiger partial charge on any atom is 0.161 e. The second-order valence-electron chi connectivity index (χ2n) is 9.04. The number of aliphatic hydroxyl groups excluding tert-OH is 1. The minimum Gasteiger partial charge on any atom is -0.493 e. The summed E-state index contributed by atoms with van der Waals surface area (Å²) in [5.74, 6) is 3.09. The first-order valence-corrected chi connectivity index (χ1v) is 11.3. The Morgan fingerprint density at radius 1 is 1.03 bits per heavy atom. The SMILES string of the molecule is COc1cc(CN2C[C@H]3CNC[C@H]3C2)ccc1OCC(O)CN1CCCCCC1. The third-order valence-corrected chi connectivity index (χ3v) is 6.70. The third kappa shape index (κ3) is 5.63. The summed E-state index contributed by atoms with van der Waals surface area (Å²) in [6.45, 7) is 8.81. The number of nitrogens with one attached hydrogen (secondary N) is 1. The monoisotopic (exact) mass is 403 g/mol. The number of aliphatic hydroxyl groups is 1. The lowest BCUT2D eigenvalue weighted by atomic mass is 10.0. The van der Waals surface area contributed by atoms with Crippen molar-refractivity contribution in [3.05, 3.63) is 23.8 Å². The van der Waals surface area contributed by atoms with Gasteiger partial charge in [-0.05, 0) is 68.6 Å². The molecular formula is C23H37N3O3. The second kappa shape index (κ2) is 10.1. The van der Waals surface area contributed by atoms with Gasteiger partial charge in [0.2, 0.25) is 0 Å². The molecule has 29 heavy (non-hydrogen) atoms. The van der Waals surface area contributed by atoms with Crippen LogP contribution in [0.5, 0.6) is 11.5 Å². The number of hydrogen-bond donors (Lipinski definition) is 2. The summed E-state index contributed by atoms with van der Waals surface area (Å²) in [4.78, 5) is 4.92. The fourth-order valence-corrected chi connectivity index (χ4v) is 5.12. The highest BCUT2D eigenvalue weighted by Crippen LogP contribution is 2.31. The predicted molar refractivity (Wildman–Crippen MR) is 115 cm³/mol. The van der Waals surface area contributed by atoms with Gasteiger partial charge in [-0.15, -0.1) is 0 Å². The van der Waals surface area contributed by atoms with Crippen LogP contribution in [0.2, 0.25) is 0 Å². The van der Waals surface area contributed by atoms with Crippen LogP contribution in [0, 0.1) is 11.8 Å². The molecule has 1 aromatic rings. The Morgan fingerprint density at radius 3 is 2.45 bits per heavy atom. The molecule has 4 rings (SSSR count). The van der Waals surface area contributed by atoms with Crippen molar-refractivity contribution in [1.29, 1.82) is 0 Å². The molecule has 3 aliphatic rings. The summed E-state index contributed by atoms with van der Waals surface area (Å²) in [5.41, 5.74) is 1.26. The highest BCUT2D eigenvalue weighted by molar-refractivity contribution is 5.43. The van der Waals surface area contributed by atoms with Gasteiger partial charge >= 0.3 is 0 Å². The van der Waals surface area contributed by atoms with Gasteiger partial charge in [-0.2, -0.15) is 0 Å². The average molecular weight is 404 g/mol. The molecule has 0 radical (unpaired) electrons. The molecule has 3 saturated heterocycles. The summed E-state index contributed by atoms with van der Waals surface area (Å²) in [6, 6.07) is 6.21. The van der Waals surface area contributed by atoms with E-state index in [0.717, 1.165) is 50.3 Å². The molecule has 6 heteroatoms. The van der Waals surface area contributed by atoms with Crippen molar-refractivity contribution in [1.82, 2.24) is 15.1 Å². The third-order valence-electron chi connectivity index (χ3n) is 6.70. The normalized spacial score (nSPS) is 26.8. The van der Waals surface area contributed by atoms with Crippen molar-refractivity contribution in [3.63, 3.8) is 0 Å². The molecule has 1 unspecified atom stereocenters. The van der Waals surface area contributed by atoms with Crippen LogP contribution in [-0.4, -0.2) is 80.5 Å². The first kappa shape index (κ1) is 20.9. The number of β-amino-alcohol motifs (C(OH)–C–C–N with tert-alkyl or cyclic N) is 1. The zero-order valence-electron chi connectivity index (χ0n) is 17.8. The number of methoxy groups -OCH3 is 1. The minimum atomic E-state index is -0.477. The zero-order chi connectivity index (χ0) is 20.1. The van der Waals surface area contributed by atoms with Gasteiger partial charge in [0.1, 0.15) is 12.7 Å². The summed E-state index contributed by atoms with van der Waals surface area (Å²) in [7, 11) is 1.69. The Labute approximate surface area is 175 Å². The van der Waals surface area contributed by atoms with Gasteiger partial charge in [-0.25, -0.2) is 0 Å². The van der Waals surface area contributed by atoms with Crippen LogP contribution in [0.15, 0.2) is 18.2 Å². The Balaban J connectivity index is 1.27. The molecule has 3 fully saturated rings. The smallest absolute Gasteiger partial charge is 0.161 e. The lowest BCUT2D eigenvalue weighted by molar-refractivity contribution is 0.0683. The van der Waals surface area contributed by atoms with Crippen LogP contribution in [0.1, 0.15) is 31.2 Å². The van der Waals surface area contributed by atoms with Crippen molar-refractivity contribution in [2.45, 2.75) is 38.3 Å². The van der Waals surface area contributed by atoms with E-state index in [2.05, 4.69) is 27.2 Å². The number of hydrogen-bond acceptors (Lipinski definition) is 6. The molecule has 3 aliphatic heterocycles. The molecule has 0 spiro atoms. The topological polar surface area (TPSA) is 57.2 Å². The van der Waals surface area contributed by atoms with Crippen LogP contribution >= 0.6 is 0 Å². The number of fused-ring (bicyclic) bond motifs is 1. The van der Waals surface area contributed by atoms with E-state index in [0.29, 0.717) is 18.9 Å². The molecular weight excluding hydrogens is 366 g/mol. The summed E-state index contributed by atoms with van der Waals surface area (Å²) in [6.07, 6.45) is 4.61. The van der Waals surface area contributed by atoms with Gasteiger partial charge in [-0.1, -0.05) is 18.9 Å². The highest BCUT2D eigenvalue weighted by Gasteiger charge is 2.35. The quantitative estimate of drug-likeness (QED) is 0.692. The number of rotatable bonds is 8. The van der Waals surface area contributed by atoms with E-state index < -0.39 is 6.10 Å². The van der Waals surface area contributed by atoms with E-state index in [-0.39, 0.29) is 0 Å². The molecule has 0 saturated carbocycles. The summed E-state index contributed by atoms with van der Waals surface area (Å²) < 4.78 is 11.5. The number of benzene rings is 1. The molecule has 0 aliphatic carbocycles. The van der Waals surface area contributed by atoms with E-state index in [1.54, 1.807) is 7.11 Å². The van der Waals surface area contributed by atoms with Gasteiger partial charge in [0, 0.05) is 26.2 Å². The van der Waals surface area contributed by atoms with Crippen molar-refractivity contribution in [2.75, 3.05) is 59.5 Å². The fourth-order valence-electron chi connectivity index (χ4n) is 5.12. The second-order valence-corrected chi connectivity index (χ2v) is 9.04. The molecule has 1 aromatic carbocycles. The molecule has 3 atom stereocenters. The molecule has 0 amide bonds. The minimum absolute atomic E-state index is 0.300. The fraction of sp³-hybridized carbons (Fsp3) is 0.739. The lowest BCUT2D eigenvalue weighted by Gasteiger charge is -2.23. The van der Waals surface area contributed by atoms with Gasteiger partial charge in [0.25, 0.3) is 0 Å². The van der Waals surface area contributed by atoms with Gasteiger partial charge in [0.15, 0.2) is 11.5 Å². The van der Waals surface area contributed by atoms with Crippen LogP contribution in [0.25, 0.3) is 0 Å². The van der Waals surface area contributed by atoms with Gasteiger partial charge < -0.3 is 24.8 Å². The largest absolute Gasteiger partial charge is 0.493 e. The maximum atomic E-state index is 10.4. The molecule has 6 nitrogen and oxygen atoms in total. The lowest BCUT2D eigenvalue weighted by Crippen LogP contribution is -2.36. The van der Waals surface area contributed by atoms with Crippen LogP contribution in [0.3, 0.4) is 0 Å². The Morgan fingerprint density at radius 2 is 1.76 bits per heavy atom. The van der Waals surface area contributed by atoms with Crippen molar-refractivity contribution < 1.29 is 14.6 Å². The van der Waals surface area contributed by atoms with E-state index in [9.17, 15) is 5.11 Å². The standard InChI is InChI=1S/C23H37N3O3/c1-28-23-10-18(13-26-14-19-11-24-12-20(19)15-26)6-7-22(23)29-17-21(27)16-25-8-4-2-3-5-9-25/h6-7,10,19-21,24,27H,2-5,8-9,11-17H2,1H3/t19-,20+,21?. The van der Waals surface area contributed by atoms with E-state index in [1.807, 2.05) is 6.07 Å². The van der Waals surface area contributed by atoms with Crippen molar-refractivity contribution in [2.24, 2.45) is 11.8 Å². The van der Waals surface area contributed by atoms with E-state index in [4.69, 9.17) is 9.47 Å². The van der Waals surface area contributed by atoms with Gasteiger partial charge in [-0.3, -0.25) is 4.90 Å². The zero-order valence-corrected chi connectivity index (χ0v) is 17.8. The molecule has 162 valence electrons. The van der Waals surface area contributed by atoms with Crippen molar-refractivity contribution >= 4 is 0 Å². The summed E-state index contributed by atoms with van der Waals surface area (Å²) in [5, 5.41) is 13.9. The Bertz CT molecular complexity index is 636. The summed E-state index contributed by atoms with van der Waals surface area (Å²) >= 11 is 0. The highest BCUT2D eigenvalue weighted by atomic mass is 16.5. The van der Waals surface area contributed by atoms with Crippen LogP contribution in [0.4, 0.5) is 0 Å². The molecule has 0 bridgehead atoms. The molecule has 2 N–H and O–H groups in total. The van der Waals surface area contributed by atoms with E-state index >= 15 is 0 Å². The number of likely N-dealkylation sites (tertiary alicyclic amines) is 2. The Hall–Kier alpha value is -1.34. The van der Waals surface area contributed by atoms with Crippen LogP contribution < -0.4 is 14.8 Å². The first-order valence-electron chi connectivity index (χ1n) is 11.3. The number of ether oxygens (including phenoxy) is 2.